The second kappa shape index (κ2) is 14.2. The second-order valence-electron chi connectivity index (χ2n) is 12.6. The van der Waals surface area contributed by atoms with Crippen LogP contribution in [0, 0.1) is 11.8 Å². The quantitative estimate of drug-likeness (QED) is 0.0779. The minimum absolute atomic E-state index is 0.0559. The monoisotopic (exact) mass is 696 g/mol. The van der Waals surface area contributed by atoms with Gasteiger partial charge in [-0.25, -0.2) is 4.79 Å². The summed E-state index contributed by atoms with van der Waals surface area (Å²) in [5.74, 6) is -2.88. The van der Waals surface area contributed by atoms with E-state index in [1.165, 1.54) is 24.5 Å². The Morgan fingerprint density at radius 2 is 1.59 bits per heavy atom. The van der Waals surface area contributed by atoms with Gasteiger partial charge >= 0.3 is 11.9 Å². The molecule has 1 saturated carbocycles. The molecule has 1 aromatic rings. The van der Waals surface area contributed by atoms with Gasteiger partial charge in [-0.3, -0.25) is 4.79 Å². The zero-order valence-corrected chi connectivity index (χ0v) is 26.4. The van der Waals surface area contributed by atoms with E-state index < -0.39 is 122 Å². The van der Waals surface area contributed by atoms with E-state index in [-0.39, 0.29) is 5.75 Å². The van der Waals surface area contributed by atoms with Crippen LogP contribution in [-0.4, -0.2) is 146 Å². The number of rotatable bonds is 10. The summed E-state index contributed by atoms with van der Waals surface area (Å²) in [6, 6.07) is 6.06. The molecule has 0 amide bonds. The first kappa shape index (κ1) is 35.6. The number of carbonyl (C=O) groups excluding carboxylic acids is 2. The Balaban J connectivity index is 1.16. The fraction of sp³-hybridized carbons (Fsp3) is 0.625. The van der Waals surface area contributed by atoms with Crippen molar-refractivity contribution in [2.45, 2.75) is 99.4 Å². The van der Waals surface area contributed by atoms with Gasteiger partial charge < -0.3 is 73.6 Å². The average Bonchev–Trinajstić information content (AvgIpc) is 3.75. The van der Waals surface area contributed by atoms with Crippen molar-refractivity contribution in [2.75, 3.05) is 13.2 Å². The van der Waals surface area contributed by atoms with Crippen molar-refractivity contribution >= 4 is 18.0 Å². The number of ether oxygens (including phenoxy) is 8. The van der Waals surface area contributed by atoms with Gasteiger partial charge in [0.2, 0.25) is 6.29 Å². The van der Waals surface area contributed by atoms with Crippen LogP contribution in [0.4, 0.5) is 0 Å². The SMILES string of the molecule is CC(=O)O[C@H]1[C@@H](O)[C@H](O[C@H]2[C@@H]3C=CO[C@@H](O[C@@H]4O[C@H](CO)[C@@H](O)[C@H](O)[C@H]4O)[C@@H]3[C@@]3(CO)O[C@@H]23)O[C@@H](C)[C@@H]1OC(=O)/C=C/c1ccc(O)cc1. The lowest BCUT2D eigenvalue weighted by Crippen LogP contribution is -2.61. The molecule has 0 bridgehead atoms. The number of aliphatic hydroxyl groups is 6. The Kier molecular flexibility index (Phi) is 10.3. The van der Waals surface area contributed by atoms with Crippen LogP contribution in [0.3, 0.4) is 0 Å². The minimum Gasteiger partial charge on any atom is -0.508 e. The molecule has 1 aliphatic carbocycles. The number of phenols is 1. The number of aliphatic hydroxyl groups excluding tert-OH is 6. The number of epoxide rings is 1. The molecule has 6 rings (SSSR count). The summed E-state index contributed by atoms with van der Waals surface area (Å²) in [6.07, 6.45) is -11.8. The van der Waals surface area contributed by atoms with Gasteiger partial charge in [-0.15, -0.1) is 0 Å². The number of esters is 2. The lowest BCUT2D eigenvalue weighted by atomic mass is 9.85. The van der Waals surface area contributed by atoms with Gasteiger partial charge in [-0.2, -0.15) is 0 Å². The van der Waals surface area contributed by atoms with Crippen LogP contribution < -0.4 is 0 Å². The molecule has 17 heteroatoms. The molecular formula is C32H40O17. The van der Waals surface area contributed by atoms with Crippen LogP contribution in [0.15, 0.2) is 42.7 Å². The van der Waals surface area contributed by atoms with Crippen molar-refractivity contribution in [3.05, 3.63) is 48.2 Å². The molecule has 3 saturated heterocycles. The second-order valence-corrected chi connectivity index (χ2v) is 12.6. The van der Waals surface area contributed by atoms with Gasteiger partial charge in [-0.05, 0) is 36.8 Å². The van der Waals surface area contributed by atoms with Gasteiger partial charge in [0.25, 0.3) is 0 Å². The van der Waals surface area contributed by atoms with Crippen LogP contribution in [0.2, 0.25) is 0 Å². The van der Waals surface area contributed by atoms with Crippen molar-refractivity contribution in [1.82, 2.24) is 0 Å². The van der Waals surface area contributed by atoms with Crippen LogP contribution in [-0.2, 0) is 47.5 Å². The molecule has 4 aliphatic heterocycles. The van der Waals surface area contributed by atoms with Gasteiger partial charge in [0, 0.05) is 18.9 Å². The minimum atomic E-state index is -1.71. The van der Waals surface area contributed by atoms with Gasteiger partial charge in [0.15, 0.2) is 24.8 Å². The smallest absolute Gasteiger partial charge is 0.331 e. The molecular weight excluding hydrogens is 656 g/mol. The highest BCUT2D eigenvalue weighted by molar-refractivity contribution is 5.87. The van der Waals surface area contributed by atoms with E-state index in [1.807, 2.05) is 0 Å². The molecule has 5 aliphatic rings. The summed E-state index contributed by atoms with van der Waals surface area (Å²) in [5, 5.41) is 71.7. The number of aromatic hydroxyl groups is 1. The maximum Gasteiger partial charge on any atom is 0.331 e. The predicted molar refractivity (Wildman–Crippen MR) is 158 cm³/mol. The van der Waals surface area contributed by atoms with Crippen LogP contribution >= 0.6 is 0 Å². The number of hydrogen-bond donors (Lipinski definition) is 7. The van der Waals surface area contributed by atoms with Crippen molar-refractivity contribution < 1.29 is 83.2 Å². The first-order chi connectivity index (χ1) is 23.4. The lowest BCUT2D eigenvalue weighted by molar-refractivity contribution is -0.347. The average molecular weight is 697 g/mol. The summed E-state index contributed by atoms with van der Waals surface area (Å²) in [7, 11) is 0. The normalized spacial score (nSPS) is 44.1. The van der Waals surface area contributed by atoms with Gasteiger partial charge in [0.1, 0.15) is 48.0 Å². The Hall–Kier alpha value is -3.20. The molecule has 17 nitrogen and oxygen atoms in total. The fourth-order valence-electron chi connectivity index (χ4n) is 6.98. The highest BCUT2D eigenvalue weighted by atomic mass is 16.8. The fourth-order valence-corrected chi connectivity index (χ4v) is 6.98. The Bertz CT molecular complexity index is 1400. The molecule has 0 spiro atoms. The van der Waals surface area contributed by atoms with Crippen LogP contribution in [0.5, 0.6) is 5.75 Å². The third-order valence-corrected chi connectivity index (χ3v) is 9.50. The summed E-state index contributed by atoms with van der Waals surface area (Å²) in [5.41, 5.74) is -0.645. The number of carbonyl (C=O) groups is 2. The Labute approximate surface area is 279 Å². The molecule has 0 aromatic heterocycles. The van der Waals surface area contributed by atoms with Crippen molar-refractivity contribution in [3.63, 3.8) is 0 Å². The highest BCUT2D eigenvalue weighted by Crippen LogP contribution is 2.61. The third kappa shape index (κ3) is 6.81. The molecule has 7 N–H and O–H groups in total. The molecule has 1 aromatic carbocycles. The summed E-state index contributed by atoms with van der Waals surface area (Å²) >= 11 is 0. The largest absolute Gasteiger partial charge is 0.508 e. The summed E-state index contributed by atoms with van der Waals surface area (Å²) < 4.78 is 46.2. The van der Waals surface area contributed by atoms with E-state index >= 15 is 0 Å². The lowest BCUT2D eigenvalue weighted by Gasteiger charge is -2.44. The predicted octanol–water partition coefficient (Wildman–Crippen LogP) is -2.20. The first-order valence-electron chi connectivity index (χ1n) is 15.8. The molecule has 270 valence electrons. The van der Waals surface area contributed by atoms with E-state index in [1.54, 1.807) is 25.1 Å². The highest BCUT2D eigenvalue weighted by Gasteiger charge is 2.77. The number of phenolic OH excluding ortho intramolecular Hbond substituents is 1. The molecule has 49 heavy (non-hydrogen) atoms. The maximum atomic E-state index is 12.7. The topological polar surface area (TPSA) is 253 Å². The summed E-state index contributed by atoms with van der Waals surface area (Å²) in [6.45, 7) is 1.50. The molecule has 0 unspecified atom stereocenters. The van der Waals surface area contributed by atoms with Crippen molar-refractivity contribution in [3.8, 4) is 5.75 Å². The first-order valence-corrected chi connectivity index (χ1v) is 15.8. The molecule has 4 fully saturated rings. The van der Waals surface area contributed by atoms with E-state index in [9.17, 15) is 45.3 Å². The number of benzene rings is 1. The molecule has 4 heterocycles. The van der Waals surface area contributed by atoms with Crippen LogP contribution in [0.1, 0.15) is 19.4 Å². The van der Waals surface area contributed by atoms with Crippen LogP contribution in [0.25, 0.3) is 6.08 Å². The number of fused-ring (bicyclic) bond motifs is 3. The third-order valence-electron chi connectivity index (χ3n) is 9.50. The van der Waals surface area contributed by atoms with E-state index in [2.05, 4.69) is 0 Å². The van der Waals surface area contributed by atoms with E-state index in [0.717, 1.165) is 13.0 Å². The molecule has 16 atom stereocenters. The Morgan fingerprint density at radius 3 is 2.27 bits per heavy atom. The van der Waals surface area contributed by atoms with Crippen molar-refractivity contribution in [2.24, 2.45) is 11.8 Å². The summed E-state index contributed by atoms with van der Waals surface area (Å²) in [4.78, 5) is 24.8. The van der Waals surface area contributed by atoms with E-state index in [0.29, 0.717) is 5.56 Å². The molecule has 0 radical (unpaired) electrons. The standard InChI is InChI=1S/C32H40O17/c1-13-25(46-19(37)8-5-15-3-6-16(36)7-4-15)27(44-14(2)35)24(41)31(43-13)47-26-17-9-10-42-29(20(17)32(12-34)28(26)49-32)48-30-23(40)22(39)21(38)18(11-33)45-30/h3-10,13,17-18,20-31,33-34,36,38-41H,11-12H2,1-2H3/b8-5+/t13-,17+,18+,20+,21+,22-,23+,24+,25-,26-,27-,28-,29-,30-,31-,32+/m0/s1. The van der Waals surface area contributed by atoms with Crippen molar-refractivity contribution in [1.29, 1.82) is 0 Å². The van der Waals surface area contributed by atoms with Gasteiger partial charge in [0.05, 0.1) is 37.6 Å². The zero-order chi connectivity index (χ0) is 35.2. The van der Waals surface area contributed by atoms with E-state index in [4.69, 9.17) is 37.9 Å². The zero-order valence-electron chi connectivity index (χ0n) is 26.4. The van der Waals surface area contributed by atoms with Gasteiger partial charge in [-0.1, -0.05) is 12.1 Å². The number of hydrogen-bond acceptors (Lipinski definition) is 17. The Morgan fingerprint density at radius 1 is 0.878 bits per heavy atom. The maximum absolute atomic E-state index is 12.7.